The number of phenolic OH excluding ortho intramolecular Hbond substituents is 2. The van der Waals surface area contributed by atoms with Gasteiger partial charge >= 0.3 is 0 Å². The number of nitrogens with zero attached hydrogens (tertiary/aromatic N) is 1. The van der Waals surface area contributed by atoms with Gasteiger partial charge in [-0.2, -0.15) is 5.10 Å². The van der Waals surface area contributed by atoms with Crippen molar-refractivity contribution in [3.63, 3.8) is 0 Å². The van der Waals surface area contributed by atoms with E-state index in [1.807, 2.05) is 12.1 Å². The molecule has 28 heavy (non-hydrogen) atoms. The summed E-state index contributed by atoms with van der Waals surface area (Å²) in [6, 6.07) is 21.8. The smallest absolute Gasteiger partial charge is 0.248 e. The highest BCUT2D eigenvalue weighted by molar-refractivity contribution is 7.79. The predicted molar refractivity (Wildman–Crippen MR) is 110 cm³/mol. The molecule has 0 saturated heterocycles. The molecular formula is C21H19N2O4P. The van der Waals surface area contributed by atoms with Gasteiger partial charge in [-0.15, -0.1) is 0 Å². The average Bonchev–Trinajstić information content (AvgIpc) is 2.71. The molecule has 7 heteroatoms. The monoisotopic (exact) mass is 394 g/mol. The molecule has 3 aromatic rings. The van der Waals surface area contributed by atoms with Crippen LogP contribution >= 0.6 is 7.14 Å². The van der Waals surface area contributed by atoms with Gasteiger partial charge in [-0.25, -0.2) is 5.43 Å². The summed E-state index contributed by atoms with van der Waals surface area (Å²) in [5, 5.41) is 24.0. The highest BCUT2D eigenvalue weighted by Crippen LogP contribution is 2.42. The Kier molecular flexibility index (Phi) is 5.92. The minimum Gasteiger partial charge on any atom is -0.508 e. The number of hydrazone groups is 1. The first-order chi connectivity index (χ1) is 13.5. The van der Waals surface area contributed by atoms with Crippen molar-refractivity contribution >= 4 is 29.9 Å². The average molecular weight is 394 g/mol. The van der Waals surface area contributed by atoms with Crippen molar-refractivity contribution in [3.05, 3.63) is 84.4 Å². The molecule has 0 bridgehead atoms. The second-order valence-electron chi connectivity index (χ2n) is 6.11. The maximum atomic E-state index is 13.8. The van der Waals surface area contributed by atoms with Crippen LogP contribution in [0.5, 0.6) is 11.5 Å². The van der Waals surface area contributed by atoms with Gasteiger partial charge < -0.3 is 14.8 Å². The Bertz CT molecular complexity index is 993. The van der Waals surface area contributed by atoms with Crippen LogP contribution in [0.4, 0.5) is 0 Å². The van der Waals surface area contributed by atoms with E-state index in [4.69, 9.17) is 0 Å². The van der Waals surface area contributed by atoms with Gasteiger partial charge in [0.2, 0.25) is 5.91 Å². The van der Waals surface area contributed by atoms with Crippen molar-refractivity contribution in [1.82, 2.24) is 5.43 Å². The number of carbonyl (C=O) groups is 1. The minimum atomic E-state index is -3.18. The molecule has 6 nitrogen and oxygen atoms in total. The highest BCUT2D eigenvalue weighted by atomic mass is 31.2. The Balaban J connectivity index is 1.79. The van der Waals surface area contributed by atoms with E-state index in [2.05, 4.69) is 10.5 Å². The molecule has 0 saturated carbocycles. The summed E-state index contributed by atoms with van der Waals surface area (Å²) < 4.78 is 13.8. The number of aromatic hydroxyl groups is 2. The number of nitrogens with one attached hydrogen (secondary N) is 1. The topological polar surface area (TPSA) is 99.0 Å². The van der Waals surface area contributed by atoms with Gasteiger partial charge in [-0.05, 0) is 12.1 Å². The zero-order valence-corrected chi connectivity index (χ0v) is 15.8. The fourth-order valence-electron chi connectivity index (χ4n) is 2.72. The lowest BCUT2D eigenvalue weighted by molar-refractivity contribution is -0.118. The van der Waals surface area contributed by atoms with Crippen molar-refractivity contribution in [1.29, 1.82) is 0 Å². The molecule has 0 radical (unpaired) electrons. The number of hydrogen-bond acceptors (Lipinski definition) is 5. The first-order valence-corrected chi connectivity index (χ1v) is 10.4. The number of carbonyl (C=O) groups excluding carboxylic acids is 1. The maximum Gasteiger partial charge on any atom is 0.248 e. The minimum absolute atomic E-state index is 0.0784. The number of benzene rings is 3. The zero-order valence-electron chi connectivity index (χ0n) is 14.9. The Morgan fingerprint density at radius 2 is 1.50 bits per heavy atom. The molecule has 3 rings (SSSR count). The van der Waals surface area contributed by atoms with Crippen LogP contribution in [0, 0.1) is 0 Å². The van der Waals surface area contributed by atoms with E-state index in [-0.39, 0.29) is 17.7 Å². The van der Waals surface area contributed by atoms with E-state index in [0.717, 1.165) is 0 Å². The van der Waals surface area contributed by atoms with E-state index < -0.39 is 13.0 Å². The van der Waals surface area contributed by atoms with Crippen LogP contribution in [0.15, 0.2) is 84.0 Å². The predicted octanol–water partition coefficient (Wildman–Crippen LogP) is 2.56. The van der Waals surface area contributed by atoms with Gasteiger partial charge in [0.05, 0.1) is 12.4 Å². The van der Waals surface area contributed by atoms with Crippen molar-refractivity contribution in [2.75, 3.05) is 6.16 Å². The third-order valence-corrected chi connectivity index (χ3v) is 7.12. The molecule has 1 amide bonds. The summed E-state index contributed by atoms with van der Waals surface area (Å²) in [5.41, 5.74) is 2.68. The summed E-state index contributed by atoms with van der Waals surface area (Å²) in [5.74, 6) is -0.756. The molecule has 0 atom stereocenters. The normalized spacial score (nSPS) is 11.4. The fraction of sp³-hybridized carbons (Fsp3) is 0.0476. The number of hydrogen-bond donors (Lipinski definition) is 3. The van der Waals surface area contributed by atoms with Crippen LogP contribution < -0.4 is 16.0 Å². The lowest BCUT2D eigenvalue weighted by Gasteiger charge is -2.18. The molecule has 3 N–H and O–H groups in total. The van der Waals surface area contributed by atoms with E-state index >= 15 is 0 Å². The summed E-state index contributed by atoms with van der Waals surface area (Å²) in [6.07, 6.45) is 1.02. The Hall–Kier alpha value is -3.37. The SMILES string of the molecule is O=C(CP(=O)(c1ccccc1)c1ccccc1)NN=Cc1ccc(O)cc1O. The Labute approximate surface area is 162 Å². The Morgan fingerprint density at radius 1 is 0.929 bits per heavy atom. The molecule has 0 fully saturated rings. The molecule has 0 heterocycles. The molecule has 142 valence electrons. The van der Waals surface area contributed by atoms with Crippen LogP contribution in [-0.2, 0) is 9.36 Å². The standard InChI is InChI=1S/C21H19N2O4P/c24-17-12-11-16(20(25)13-17)14-22-23-21(26)15-28(27,18-7-3-1-4-8-18)19-9-5-2-6-10-19/h1-14,24-25H,15H2,(H,23,26). The number of phenols is 2. The van der Waals surface area contributed by atoms with Crippen molar-refractivity contribution in [2.24, 2.45) is 5.10 Å². The van der Waals surface area contributed by atoms with Crippen LogP contribution in [0.1, 0.15) is 5.56 Å². The molecule has 0 aliphatic heterocycles. The van der Waals surface area contributed by atoms with Gasteiger partial charge in [0.25, 0.3) is 0 Å². The molecule has 0 unspecified atom stereocenters. The number of amides is 1. The maximum absolute atomic E-state index is 13.8. The van der Waals surface area contributed by atoms with E-state index in [1.54, 1.807) is 48.5 Å². The molecule has 0 aliphatic carbocycles. The molecule has 0 spiro atoms. The second kappa shape index (κ2) is 8.55. The molecule has 3 aromatic carbocycles. The van der Waals surface area contributed by atoms with Crippen LogP contribution in [0.2, 0.25) is 0 Å². The van der Waals surface area contributed by atoms with Gasteiger partial charge in [0.1, 0.15) is 11.5 Å². The second-order valence-corrected chi connectivity index (χ2v) is 8.93. The molecule has 0 aromatic heterocycles. The van der Waals surface area contributed by atoms with Gasteiger partial charge in [-0.1, -0.05) is 60.7 Å². The zero-order chi connectivity index (χ0) is 20.0. The van der Waals surface area contributed by atoms with Crippen LogP contribution in [0.25, 0.3) is 0 Å². The molecule has 0 aliphatic rings. The van der Waals surface area contributed by atoms with E-state index in [1.165, 1.54) is 24.4 Å². The summed E-state index contributed by atoms with van der Waals surface area (Å²) in [6.45, 7) is 0. The largest absolute Gasteiger partial charge is 0.508 e. The fourth-order valence-corrected chi connectivity index (χ4v) is 5.17. The molecular weight excluding hydrogens is 375 g/mol. The van der Waals surface area contributed by atoms with Gasteiger partial charge in [0.15, 0.2) is 7.14 Å². The third kappa shape index (κ3) is 4.48. The summed E-state index contributed by atoms with van der Waals surface area (Å²) in [7, 11) is -3.18. The van der Waals surface area contributed by atoms with Gasteiger partial charge in [-0.3, -0.25) is 4.79 Å². The van der Waals surface area contributed by atoms with Crippen molar-refractivity contribution in [3.8, 4) is 11.5 Å². The van der Waals surface area contributed by atoms with Crippen LogP contribution in [0.3, 0.4) is 0 Å². The van der Waals surface area contributed by atoms with E-state index in [9.17, 15) is 19.6 Å². The van der Waals surface area contributed by atoms with E-state index in [0.29, 0.717) is 16.2 Å². The first kappa shape index (κ1) is 19.4. The summed E-state index contributed by atoms with van der Waals surface area (Å²) >= 11 is 0. The number of rotatable bonds is 6. The first-order valence-electron chi connectivity index (χ1n) is 8.53. The van der Waals surface area contributed by atoms with Crippen molar-refractivity contribution in [2.45, 2.75) is 0 Å². The Morgan fingerprint density at radius 3 is 2.04 bits per heavy atom. The van der Waals surface area contributed by atoms with Gasteiger partial charge in [0, 0.05) is 22.2 Å². The van der Waals surface area contributed by atoms with Crippen molar-refractivity contribution < 1.29 is 19.6 Å². The quantitative estimate of drug-likeness (QED) is 0.340. The lowest BCUT2D eigenvalue weighted by Crippen LogP contribution is -2.28. The lowest BCUT2D eigenvalue weighted by atomic mass is 10.2. The summed E-state index contributed by atoms with van der Waals surface area (Å²) in [4.78, 5) is 12.4. The third-order valence-electron chi connectivity index (χ3n) is 4.12. The highest BCUT2D eigenvalue weighted by Gasteiger charge is 2.30. The van der Waals surface area contributed by atoms with Crippen LogP contribution in [-0.4, -0.2) is 28.5 Å².